The number of anilines is 2. The van der Waals surface area contributed by atoms with Gasteiger partial charge in [0.25, 0.3) is 5.91 Å². The Morgan fingerprint density at radius 1 is 0.854 bits per heavy atom. The third-order valence-electron chi connectivity index (χ3n) is 6.28. The molecule has 11 heteroatoms. The van der Waals surface area contributed by atoms with Crippen LogP contribution in [0.4, 0.5) is 15.8 Å². The first-order chi connectivity index (χ1) is 19.7. The van der Waals surface area contributed by atoms with Crippen molar-refractivity contribution in [3.8, 4) is 0 Å². The van der Waals surface area contributed by atoms with Gasteiger partial charge in [-0.1, -0.05) is 12.1 Å². The molecular weight excluding hydrogens is 549 g/mol. The third kappa shape index (κ3) is 6.93. The smallest absolute Gasteiger partial charge is 0.338 e. The van der Waals surface area contributed by atoms with Gasteiger partial charge in [-0.2, -0.15) is 0 Å². The van der Waals surface area contributed by atoms with E-state index in [9.17, 15) is 23.6 Å². The van der Waals surface area contributed by atoms with E-state index in [1.165, 1.54) is 41.3 Å². The molecule has 9 nitrogen and oxygen atoms in total. The number of carbonyl (C=O) groups excluding carboxylic acids is 4. The van der Waals surface area contributed by atoms with Crippen LogP contribution >= 0.6 is 12.2 Å². The van der Waals surface area contributed by atoms with E-state index < -0.39 is 35.6 Å². The van der Waals surface area contributed by atoms with Crippen molar-refractivity contribution < 1.29 is 33.0 Å². The Labute approximate surface area is 241 Å². The summed E-state index contributed by atoms with van der Waals surface area (Å²) in [6, 6.07) is 17.3. The Hall–Kier alpha value is -4.64. The minimum absolute atomic E-state index is 0.161. The predicted molar refractivity (Wildman–Crippen MR) is 154 cm³/mol. The molecule has 1 atom stereocenters. The lowest BCUT2D eigenvalue weighted by Gasteiger charge is -2.24. The summed E-state index contributed by atoms with van der Waals surface area (Å²) in [5.41, 5.74) is 2.22. The lowest BCUT2D eigenvalue weighted by atomic mass is 10.1. The molecule has 1 fully saturated rings. The molecule has 4 rings (SSSR count). The van der Waals surface area contributed by atoms with Crippen LogP contribution in [0, 0.1) is 5.82 Å². The fourth-order valence-corrected chi connectivity index (χ4v) is 4.68. The molecule has 3 aromatic rings. The van der Waals surface area contributed by atoms with Crippen molar-refractivity contribution in [1.29, 1.82) is 0 Å². The van der Waals surface area contributed by atoms with E-state index in [0.717, 1.165) is 0 Å². The highest BCUT2D eigenvalue weighted by Crippen LogP contribution is 2.29. The van der Waals surface area contributed by atoms with Crippen molar-refractivity contribution in [2.45, 2.75) is 32.9 Å². The quantitative estimate of drug-likeness (QED) is 0.273. The van der Waals surface area contributed by atoms with E-state index >= 15 is 0 Å². The van der Waals surface area contributed by atoms with Crippen LogP contribution in [0.25, 0.3) is 0 Å². The summed E-state index contributed by atoms with van der Waals surface area (Å²) in [6.07, 6.45) is -0.225. The number of hydrogen-bond acceptors (Lipinski definition) is 7. The highest BCUT2D eigenvalue weighted by atomic mass is 32.1. The van der Waals surface area contributed by atoms with Gasteiger partial charge in [-0.15, -0.1) is 0 Å². The van der Waals surface area contributed by atoms with Crippen molar-refractivity contribution in [2.75, 3.05) is 23.4 Å². The first kappa shape index (κ1) is 29.3. The van der Waals surface area contributed by atoms with Gasteiger partial charge in [0.1, 0.15) is 11.9 Å². The fraction of sp³-hybridized carbons (Fsp3) is 0.233. The Balaban J connectivity index is 1.55. The maximum absolute atomic E-state index is 13.7. The number of esters is 2. The second-order valence-electron chi connectivity index (χ2n) is 9.04. The highest BCUT2D eigenvalue weighted by molar-refractivity contribution is 7.80. The normalized spacial score (nSPS) is 14.7. The monoisotopic (exact) mass is 577 g/mol. The second-order valence-corrected chi connectivity index (χ2v) is 9.41. The lowest BCUT2D eigenvalue weighted by Crippen LogP contribution is -2.37. The fourth-order valence-electron chi connectivity index (χ4n) is 4.29. The molecule has 1 N–H and O–H groups in total. The topological polar surface area (TPSA) is 105 Å². The Bertz CT molecular complexity index is 1440. The summed E-state index contributed by atoms with van der Waals surface area (Å²) < 4.78 is 23.5. The van der Waals surface area contributed by atoms with Gasteiger partial charge in [0.2, 0.25) is 5.91 Å². The van der Waals surface area contributed by atoms with E-state index in [0.29, 0.717) is 28.1 Å². The molecular formula is C30H28FN3O6S. The van der Waals surface area contributed by atoms with Crippen molar-refractivity contribution in [3.63, 3.8) is 0 Å². The maximum Gasteiger partial charge on any atom is 0.338 e. The molecule has 212 valence electrons. The zero-order chi connectivity index (χ0) is 29.5. The van der Waals surface area contributed by atoms with Crippen LogP contribution in [0.5, 0.6) is 0 Å². The van der Waals surface area contributed by atoms with E-state index in [4.69, 9.17) is 21.7 Å². The molecule has 1 heterocycles. The van der Waals surface area contributed by atoms with Gasteiger partial charge < -0.3 is 19.7 Å². The summed E-state index contributed by atoms with van der Waals surface area (Å²) in [7, 11) is 0. The summed E-state index contributed by atoms with van der Waals surface area (Å²) >= 11 is 5.68. The molecule has 0 radical (unpaired) electrons. The number of halogens is 1. The molecule has 1 saturated heterocycles. The summed E-state index contributed by atoms with van der Waals surface area (Å²) in [4.78, 5) is 53.6. The van der Waals surface area contributed by atoms with Crippen molar-refractivity contribution in [2.24, 2.45) is 0 Å². The highest BCUT2D eigenvalue weighted by Gasteiger charge is 2.44. The van der Waals surface area contributed by atoms with E-state index in [1.807, 2.05) is 0 Å². The summed E-state index contributed by atoms with van der Waals surface area (Å²) in [5, 5.41) is 2.91. The zero-order valence-corrected chi connectivity index (χ0v) is 23.3. The second kappa shape index (κ2) is 13.1. The Morgan fingerprint density at radius 2 is 1.39 bits per heavy atom. The number of ether oxygens (including phenoxy) is 2. The van der Waals surface area contributed by atoms with Gasteiger partial charge in [0, 0.05) is 12.2 Å². The first-order valence-electron chi connectivity index (χ1n) is 12.9. The zero-order valence-electron chi connectivity index (χ0n) is 22.5. The predicted octanol–water partition coefficient (Wildman–Crippen LogP) is 4.71. The summed E-state index contributed by atoms with van der Waals surface area (Å²) in [6.45, 7) is 4.05. The molecule has 1 unspecified atom stereocenters. The average molecular weight is 578 g/mol. The van der Waals surface area contributed by atoms with Crippen LogP contribution in [0.15, 0.2) is 72.8 Å². The molecule has 0 aliphatic carbocycles. The third-order valence-corrected chi connectivity index (χ3v) is 6.70. The number of amides is 2. The van der Waals surface area contributed by atoms with Crippen LogP contribution < -0.4 is 10.2 Å². The minimum atomic E-state index is -0.948. The van der Waals surface area contributed by atoms with Gasteiger partial charge in [0.05, 0.1) is 36.4 Å². The SMILES string of the molecule is CCOC(=O)c1ccc(NC(=O)CC2C(=O)N(c3ccc(C(=O)OCC)cc3)C(=S)N2Cc2ccc(F)cc2)cc1. The molecule has 41 heavy (non-hydrogen) atoms. The number of hydrogen-bond donors (Lipinski definition) is 1. The summed E-state index contributed by atoms with van der Waals surface area (Å²) in [5.74, 6) is -2.23. The van der Waals surface area contributed by atoms with Crippen LogP contribution in [-0.2, 0) is 25.6 Å². The molecule has 0 aromatic heterocycles. The van der Waals surface area contributed by atoms with Crippen LogP contribution in [0.3, 0.4) is 0 Å². The molecule has 1 aliphatic heterocycles. The van der Waals surface area contributed by atoms with Crippen molar-refractivity contribution in [3.05, 3.63) is 95.3 Å². The lowest BCUT2D eigenvalue weighted by molar-refractivity contribution is -0.124. The van der Waals surface area contributed by atoms with Crippen molar-refractivity contribution >= 4 is 52.5 Å². The van der Waals surface area contributed by atoms with Gasteiger partial charge in [-0.05, 0) is 92.3 Å². The largest absolute Gasteiger partial charge is 0.462 e. The van der Waals surface area contributed by atoms with Crippen LogP contribution in [0.1, 0.15) is 46.5 Å². The standard InChI is InChI=1S/C30H28FN3O6S/c1-3-39-28(37)20-7-13-23(14-8-20)32-26(35)17-25-27(36)34(24-15-9-21(10-16-24)29(38)40-4-2)30(41)33(25)18-19-5-11-22(31)12-6-19/h5-16,25H,3-4,17-18H2,1-2H3,(H,32,35). The number of carbonyl (C=O) groups is 4. The van der Waals surface area contributed by atoms with Gasteiger partial charge in [-0.3, -0.25) is 14.5 Å². The molecule has 3 aromatic carbocycles. The number of nitrogens with zero attached hydrogens (tertiary/aromatic N) is 2. The Morgan fingerprint density at radius 3 is 1.93 bits per heavy atom. The molecule has 2 amide bonds. The molecule has 0 spiro atoms. The van der Waals surface area contributed by atoms with Crippen molar-refractivity contribution in [1.82, 2.24) is 4.90 Å². The number of nitrogens with one attached hydrogen (secondary N) is 1. The number of benzene rings is 3. The van der Waals surface area contributed by atoms with E-state index in [1.54, 1.807) is 55.1 Å². The molecule has 0 bridgehead atoms. The van der Waals surface area contributed by atoms with E-state index in [2.05, 4.69) is 5.32 Å². The first-order valence-corrected chi connectivity index (χ1v) is 13.4. The molecule has 1 aliphatic rings. The molecule has 0 saturated carbocycles. The maximum atomic E-state index is 13.7. The van der Waals surface area contributed by atoms with Gasteiger partial charge >= 0.3 is 11.9 Å². The minimum Gasteiger partial charge on any atom is -0.462 e. The van der Waals surface area contributed by atoms with E-state index in [-0.39, 0.29) is 31.3 Å². The number of rotatable bonds is 10. The average Bonchev–Trinajstić information content (AvgIpc) is 3.18. The van der Waals surface area contributed by atoms with Gasteiger partial charge in [-0.25, -0.2) is 14.0 Å². The van der Waals surface area contributed by atoms with Crippen LogP contribution in [0.2, 0.25) is 0 Å². The Kier molecular flexibility index (Phi) is 9.41. The number of thiocarbonyl (C=S) groups is 1. The van der Waals surface area contributed by atoms with Gasteiger partial charge in [0.15, 0.2) is 5.11 Å². The van der Waals surface area contributed by atoms with Crippen LogP contribution in [-0.4, -0.2) is 53.0 Å².